The molecule has 3 aliphatic rings. The maximum absolute atomic E-state index is 11.5. The Kier molecular flexibility index (Phi) is 3.67. The van der Waals surface area contributed by atoms with E-state index in [4.69, 9.17) is 14.2 Å². The van der Waals surface area contributed by atoms with Crippen molar-refractivity contribution in [1.82, 2.24) is 4.90 Å². The molecule has 0 saturated carbocycles. The van der Waals surface area contributed by atoms with Crippen LogP contribution in [-0.4, -0.2) is 55.6 Å². The molecule has 1 fully saturated rings. The third-order valence-electron chi connectivity index (χ3n) is 4.55. The second-order valence-corrected chi connectivity index (χ2v) is 5.60. The molecule has 0 spiro atoms. The van der Waals surface area contributed by atoms with E-state index in [-0.39, 0.29) is 36.5 Å². The van der Waals surface area contributed by atoms with Crippen LogP contribution in [-0.2, 0) is 19.0 Å². The van der Waals surface area contributed by atoms with Gasteiger partial charge in [-0.05, 0) is 19.8 Å². The largest absolute Gasteiger partial charge is 0.453 e. The molecule has 0 aromatic rings. The molecule has 3 heterocycles. The van der Waals surface area contributed by atoms with Crippen molar-refractivity contribution >= 4 is 5.97 Å². The minimum Gasteiger partial charge on any atom is -0.453 e. The van der Waals surface area contributed by atoms with E-state index in [1.165, 1.54) is 0 Å². The third-order valence-corrected chi connectivity index (χ3v) is 4.55. The van der Waals surface area contributed by atoms with E-state index in [1.807, 2.05) is 6.08 Å². The molecule has 0 N–H and O–H groups in total. The maximum Gasteiger partial charge on any atom is 0.331 e. The van der Waals surface area contributed by atoms with Gasteiger partial charge in [0.2, 0.25) is 0 Å². The Morgan fingerprint density at radius 2 is 2.10 bits per heavy atom. The summed E-state index contributed by atoms with van der Waals surface area (Å²) >= 11 is 0. The molecule has 4 atom stereocenters. The van der Waals surface area contributed by atoms with Crippen LogP contribution in [0, 0.1) is 0 Å². The van der Waals surface area contributed by atoms with E-state index in [0.29, 0.717) is 0 Å². The van der Waals surface area contributed by atoms with Crippen LogP contribution in [0.5, 0.6) is 0 Å². The van der Waals surface area contributed by atoms with Gasteiger partial charge >= 0.3 is 5.97 Å². The fourth-order valence-corrected chi connectivity index (χ4v) is 3.72. The van der Waals surface area contributed by atoms with Crippen molar-refractivity contribution in [3.05, 3.63) is 23.8 Å². The highest BCUT2D eigenvalue weighted by Crippen LogP contribution is 2.38. The number of methoxy groups -OCH3 is 2. The van der Waals surface area contributed by atoms with Gasteiger partial charge in [-0.2, -0.15) is 0 Å². The lowest BCUT2D eigenvalue weighted by atomic mass is 10.0. The number of rotatable bonds is 3. The summed E-state index contributed by atoms with van der Waals surface area (Å²) in [6.45, 7) is 2.16. The number of hydrogen-bond acceptors (Lipinski definition) is 5. The first-order valence-electron chi connectivity index (χ1n) is 7.09. The van der Waals surface area contributed by atoms with E-state index in [2.05, 4.69) is 17.9 Å². The molecule has 3 aliphatic heterocycles. The minimum atomic E-state index is -0.251. The van der Waals surface area contributed by atoms with Gasteiger partial charge in [0.15, 0.2) is 6.29 Å². The standard InChI is InChI=1S/C15H21NO4/c1-9-4-5-10-8-13(17)20-14(10)11-6-7-12(16(9)11)15(18-2)19-3/h4-5,8-9,11-12,14-15H,6-7H2,1-3H3/t9-,11?,12?,14?/m0/s1. The molecule has 0 bridgehead atoms. The van der Waals surface area contributed by atoms with Gasteiger partial charge in [-0.25, -0.2) is 4.79 Å². The average molecular weight is 279 g/mol. The van der Waals surface area contributed by atoms with E-state index in [0.717, 1.165) is 18.4 Å². The van der Waals surface area contributed by atoms with Crippen LogP contribution in [0.25, 0.3) is 0 Å². The SMILES string of the molecule is COC(OC)C1CCC2C3OC(=O)C=C3C=C[C@H](C)N12. The monoisotopic (exact) mass is 279 g/mol. The second kappa shape index (κ2) is 5.31. The molecule has 0 aromatic carbocycles. The first kappa shape index (κ1) is 13.8. The van der Waals surface area contributed by atoms with Crippen LogP contribution >= 0.6 is 0 Å². The zero-order valence-electron chi connectivity index (χ0n) is 12.1. The zero-order chi connectivity index (χ0) is 14.3. The van der Waals surface area contributed by atoms with E-state index in [1.54, 1.807) is 20.3 Å². The molecule has 0 aliphatic carbocycles. The summed E-state index contributed by atoms with van der Waals surface area (Å²) in [4.78, 5) is 13.9. The summed E-state index contributed by atoms with van der Waals surface area (Å²) in [6, 6.07) is 0.661. The Morgan fingerprint density at radius 1 is 1.35 bits per heavy atom. The minimum absolute atomic E-state index is 0.150. The summed E-state index contributed by atoms with van der Waals surface area (Å²) in [5.74, 6) is -0.234. The van der Waals surface area contributed by atoms with Crippen LogP contribution in [0.15, 0.2) is 23.8 Å². The Hall–Kier alpha value is -1.17. The van der Waals surface area contributed by atoms with Crippen molar-refractivity contribution in [3.8, 4) is 0 Å². The van der Waals surface area contributed by atoms with Crippen molar-refractivity contribution in [2.75, 3.05) is 14.2 Å². The Morgan fingerprint density at radius 3 is 2.80 bits per heavy atom. The topological polar surface area (TPSA) is 48.0 Å². The van der Waals surface area contributed by atoms with Gasteiger partial charge in [0.1, 0.15) is 6.10 Å². The zero-order valence-corrected chi connectivity index (χ0v) is 12.1. The van der Waals surface area contributed by atoms with Gasteiger partial charge < -0.3 is 14.2 Å². The Balaban J connectivity index is 1.90. The number of nitrogens with zero attached hydrogens (tertiary/aromatic N) is 1. The molecule has 20 heavy (non-hydrogen) atoms. The van der Waals surface area contributed by atoms with Crippen molar-refractivity contribution in [2.45, 2.75) is 50.3 Å². The van der Waals surface area contributed by atoms with Gasteiger partial charge in [-0.3, -0.25) is 4.90 Å². The fraction of sp³-hybridized carbons (Fsp3) is 0.667. The summed E-state index contributed by atoms with van der Waals surface area (Å²) in [5, 5.41) is 0. The summed E-state index contributed by atoms with van der Waals surface area (Å²) in [5.41, 5.74) is 0.987. The van der Waals surface area contributed by atoms with Crippen molar-refractivity contribution in [1.29, 1.82) is 0 Å². The normalized spacial score (nSPS) is 36.6. The molecule has 3 rings (SSSR count). The molecule has 1 saturated heterocycles. The van der Waals surface area contributed by atoms with E-state index >= 15 is 0 Å². The van der Waals surface area contributed by atoms with Crippen molar-refractivity contribution < 1.29 is 19.0 Å². The van der Waals surface area contributed by atoms with Crippen LogP contribution in [0.4, 0.5) is 0 Å². The molecule has 5 heteroatoms. The lowest BCUT2D eigenvalue weighted by Crippen LogP contribution is -2.51. The second-order valence-electron chi connectivity index (χ2n) is 5.60. The Bertz CT molecular complexity index is 455. The summed E-state index contributed by atoms with van der Waals surface area (Å²) < 4.78 is 16.4. The average Bonchev–Trinajstić information content (AvgIpc) is 2.98. The predicted octanol–water partition coefficient (Wildman–Crippen LogP) is 1.25. The molecular weight excluding hydrogens is 258 g/mol. The first-order chi connectivity index (χ1) is 9.65. The van der Waals surface area contributed by atoms with Gasteiger partial charge in [0, 0.05) is 31.9 Å². The molecule has 5 nitrogen and oxygen atoms in total. The Labute approximate surface area is 119 Å². The lowest BCUT2D eigenvalue weighted by Gasteiger charge is -2.37. The maximum atomic E-state index is 11.5. The van der Waals surface area contributed by atoms with E-state index < -0.39 is 0 Å². The number of carbonyl (C=O) groups is 1. The quantitative estimate of drug-likeness (QED) is 0.575. The highest BCUT2D eigenvalue weighted by atomic mass is 16.7. The highest BCUT2D eigenvalue weighted by Gasteiger charge is 2.48. The summed E-state index contributed by atoms with van der Waals surface area (Å²) in [7, 11) is 3.33. The van der Waals surface area contributed by atoms with Gasteiger partial charge in [0.25, 0.3) is 0 Å². The number of esters is 1. The van der Waals surface area contributed by atoms with E-state index in [9.17, 15) is 4.79 Å². The van der Waals surface area contributed by atoms with Gasteiger partial charge in [0.05, 0.1) is 12.1 Å². The number of ether oxygens (including phenoxy) is 3. The molecule has 0 aromatic heterocycles. The van der Waals surface area contributed by atoms with Crippen LogP contribution in [0.2, 0.25) is 0 Å². The predicted molar refractivity (Wildman–Crippen MR) is 73.0 cm³/mol. The number of hydrogen-bond donors (Lipinski definition) is 0. The molecular formula is C15H21NO4. The molecule has 0 radical (unpaired) electrons. The van der Waals surface area contributed by atoms with Crippen molar-refractivity contribution in [2.24, 2.45) is 0 Å². The molecule has 110 valence electrons. The van der Waals surface area contributed by atoms with Gasteiger partial charge in [-0.1, -0.05) is 12.2 Å². The molecule has 0 amide bonds. The highest BCUT2D eigenvalue weighted by molar-refractivity contribution is 5.87. The van der Waals surface area contributed by atoms with Crippen LogP contribution in [0.1, 0.15) is 19.8 Å². The van der Waals surface area contributed by atoms with Crippen LogP contribution in [0.3, 0.4) is 0 Å². The summed E-state index contributed by atoms with van der Waals surface area (Å²) in [6.07, 6.45) is 7.31. The van der Waals surface area contributed by atoms with Crippen LogP contribution < -0.4 is 0 Å². The van der Waals surface area contributed by atoms with Crippen molar-refractivity contribution in [3.63, 3.8) is 0 Å². The van der Waals surface area contributed by atoms with Gasteiger partial charge in [-0.15, -0.1) is 0 Å². The third kappa shape index (κ3) is 2.10. The first-order valence-corrected chi connectivity index (χ1v) is 7.09. The number of fused-ring (bicyclic) bond motifs is 3. The lowest BCUT2D eigenvalue weighted by molar-refractivity contribution is -0.153. The fourth-order valence-electron chi connectivity index (χ4n) is 3.72. The molecule has 3 unspecified atom stereocenters. The number of carbonyl (C=O) groups excluding carboxylic acids is 1. The smallest absolute Gasteiger partial charge is 0.331 e.